The van der Waals surface area contributed by atoms with E-state index >= 15 is 0 Å². The maximum absolute atomic E-state index is 9.83. The Balaban J connectivity index is 2.74. The summed E-state index contributed by atoms with van der Waals surface area (Å²) >= 11 is 0. The molecule has 1 aromatic carbocycles. The third kappa shape index (κ3) is 9.60. The highest BCUT2D eigenvalue weighted by molar-refractivity contribution is 6.61. The van der Waals surface area contributed by atoms with E-state index in [2.05, 4.69) is 13.8 Å². The molecule has 0 bridgehead atoms. The van der Waals surface area contributed by atoms with Gasteiger partial charge in [0.25, 0.3) is 0 Å². The second-order valence-electron chi connectivity index (χ2n) is 8.03. The minimum Gasteiger partial charge on any atom is -0.423 e. The van der Waals surface area contributed by atoms with Gasteiger partial charge in [-0.3, -0.25) is 0 Å². The van der Waals surface area contributed by atoms with Crippen LogP contribution in [0.3, 0.4) is 0 Å². The van der Waals surface area contributed by atoms with Crippen LogP contribution in [0.1, 0.15) is 102 Å². The Morgan fingerprint density at radius 2 is 0.857 bits per heavy atom. The lowest BCUT2D eigenvalue weighted by Gasteiger charge is -2.16. The molecule has 0 unspecified atom stereocenters. The van der Waals surface area contributed by atoms with Crippen LogP contribution in [0.5, 0.6) is 0 Å². The lowest BCUT2D eigenvalue weighted by Crippen LogP contribution is -2.40. The highest BCUT2D eigenvalue weighted by Crippen LogP contribution is 2.13. The summed E-state index contributed by atoms with van der Waals surface area (Å²) in [4.78, 5) is 0. The standard InChI is InChI=1S/C22H40B2O4/c1-3-5-7-9-11-13-15-19-17-22(24(27)28)20(18-21(19)23(25)26)16-14-12-10-8-6-4-2/h17-18,25-28H,3-16H2,1-2H3. The van der Waals surface area contributed by atoms with Crippen molar-refractivity contribution in [1.29, 1.82) is 0 Å². The van der Waals surface area contributed by atoms with Crippen LogP contribution in [0.4, 0.5) is 0 Å². The monoisotopic (exact) mass is 390 g/mol. The molecule has 0 amide bonds. The maximum atomic E-state index is 9.83. The van der Waals surface area contributed by atoms with Crippen molar-refractivity contribution in [3.63, 3.8) is 0 Å². The van der Waals surface area contributed by atoms with E-state index in [1.165, 1.54) is 51.4 Å². The van der Waals surface area contributed by atoms with Gasteiger partial charge in [0.1, 0.15) is 0 Å². The quantitative estimate of drug-likeness (QED) is 0.259. The molecule has 0 atom stereocenters. The van der Waals surface area contributed by atoms with Crippen molar-refractivity contribution in [1.82, 2.24) is 0 Å². The fourth-order valence-electron chi connectivity index (χ4n) is 3.83. The largest absolute Gasteiger partial charge is 0.488 e. The highest BCUT2D eigenvalue weighted by atomic mass is 16.4. The summed E-state index contributed by atoms with van der Waals surface area (Å²) < 4.78 is 0. The second kappa shape index (κ2) is 15.1. The van der Waals surface area contributed by atoms with Crippen LogP contribution in [0.15, 0.2) is 12.1 Å². The fraction of sp³-hybridized carbons (Fsp3) is 0.727. The molecule has 6 heteroatoms. The molecule has 0 aliphatic carbocycles. The van der Waals surface area contributed by atoms with Gasteiger partial charge in [0.15, 0.2) is 0 Å². The van der Waals surface area contributed by atoms with Gasteiger partial charge in [-0.15, -0.1) is 0 Å². The smallest absolute Gasteiger partial charge is 0.423 e. The first-order valence-corrected chi connectivity index (χ1v) is 11.4. The molecule has 0 spiro atoms. The summed E-state index contributed by atoms with van der Waals surface area (Å²) in [6.45, 7) is 4.40. The molecule has 0 aromatic heterocycles. The number of hydrogen-bond donors (Lipinski definition) is 4. The van der Waals surface area contributed by atoms with Gasteiger partial charge in [-0.2, -0.15) is 0 Å². The summed E-state index contributed by atoms with van der Waals surface area (Å²) in [6.07, 6.45) is 15.4. The molecular formula is C22H40B2O4. The fourth-order valence-corrected chi connectivity index (χ4v) is 3.83. The van der Waals surface area contributed by atoms with E-state index in [1.807, 2.05) is 0 Å². The van der Waals surface area contributed by atoms with E-state index in [4.69, 9.17) is 0 Å². The van der Waals surface area contributed by atoms with Crippen LogP contribution in [0.2, 0.25) is 0 Å². The molecule has 4 N–H and O–H groups in total. The van der Waals surface area contributed by atoms with Crippen molar-refractivity contribution >= 4 is 25.2 Å². The van der Waals surface area contributed by atoms with Crippen LogP contribution in [0.25, 0.3) is 0 Å². The Morgan fingerprint density at radius 3 is 1.18 bits per heavy atom. The van der Waals surface area contributed by atoms with Crippen LogP contribution in [-0.2, 0) is 12.8 Å². The third-order valence-corrected chi connectivity index (χ3v) is 5.56. The van der Waals surface area contributed by atoms with Crippen molar-refractivity contribution in [2.75, 3.05) is 0 Å². The second-order valence-corrected chi connectivity index (χ2v) is 8.03. The van der Waals surface area contributed by atoms with Gasteiger partial charge in [0.05, 0.1) is 0 Å². The Hall–Kier alpha value is -0.810. The third-order valence-electron chi connectivity index (χ3n) is 5.56. The minimum atomic E-state index is -1.52. The van der Waals surface area contributed by atoms with Gasteiger partial charge < -0.3 is 20.1 Å². The first-order valence-electron chi connectivity index (χ1n) is 11.4. The minimum absolute atomic E-state index is 0.513. The van der Waals surface area contributed by atoms with Gasteiger partial charge in [-0.05, 0) is 47.7 Å². The molecule has 1 aromatic rings. The summed E-state index contributed by atoms with van der Waals surface area (Å²) in [5.41, 5.74) is 2.67. The highest BCUT2D eigenvalue weighted by Gasteiger charge is 2.23. The van der Waals surface area contributed by atoms with Gasteiger partial charge in [0, 0.05) is 0 Å². The topological polar surface area (TPSA) is 80.9 Å². The van der Waals surface area contributed by atoms with Gasteiger partial charge >= 0.3 is 14.2 Å². The van der Waals surface area contributed by atoms with Crippen molar-refractivity contribution in [3.8, 4) is 0 Å². The first-order chi connectivity index (χ1) is 13.5. The molecule has 158 valence electrons. The average Bonchev–Trinajstić information content (AvgIpc) is 2.67. The normalized spacial score (nSPS) is 11.1. The van der Waals surface area contributed by atoms with E-state index in [1.54, 1.807) is 12.1 Å². The number of hydrogen-bond acceptors (Lipinski definition) is 4. The van der Waals surface area contributed by atoms with Crippen molar-refractivity contribution in [3.05, 3.63) is 23.3 Å². The van der Waals surface area contributed by atoms with E-state index in [0.29, 0.717) is 10.9 Å². The number of unbranched alkanes of at least 4 members (excludes halogenated alkanes) is 10. The van der Waals surface area contributed by atoms with E-state index in [9.17, 15) is 20.1 Å². The Bertz CT molecular complexity index is 488. The van der Waals surface area contributed by atoms with Crippen molar-refractivity contribution < 1.29 is 20.1 Å². The molecule has 28 heavy (non-hydrogen) atoms. The Morgan fingerprint density at radius 1 is 0.536 bits per heavy atom. The summed E-state index contributed by atoms with van der Waals surface area (Å²) in [7, 11) is -3.05. The average molecular weight is 390 g/mol. The van der Waals surface area contributed by atoms with Crippen LogP contribution < -0.4 is 10.9 Å². The van der Waals surface area contributed by atoms with E-state index in [0.717, 1.165) is 49.7 Å². The zero-order chi connectivity index (χ0) is 20.8. The maximum Gasteiger partial charge on any atom is 0.488 e. The SMILES string of the molecule is CCCCCCCCc1cc(B(O)O)c(CCCCCCCC)cc1B(O)O. The van der Waals surface area contributed by atoms with Gasteiger partial charge in [-0.25, -0.2) is 0 Å². The molecule has 0 heterocycles. The zero-order valence-electron chi connectivity index (χ0n) is 18.0. The molecular weight excluding hydrogens is 350 g/mol. The first kappa shape index (κ1) is 25.2. The number of rotatable bonds is 16. The number of benzene rings is 1. The molecule has 0 aliphatic heterocycles. The summed E-state index contributed by atoms with van der Waals surface area (Å²) in [6, 6.07) is 3.55. The predicted octanol–water partition coefficient (Wildman–Crippen LogP) is 2.85. The molecule has 0 saturated heterocycles. The summed E-state index contributed by atoms with van der Waals surface area (Å²) in [5.74, 6) is 0. The summed E-state index contributed by atoms with van der Waals surface area (Å²) in [5, 5.41) is 39.3. The van der Waals surface area contributed by atoms with Crippen LogP contribution >= 0.6 is 0 Å². The molecule has 0 saturated carbocycles. The zero-order valence-corrected chi connectivity index (χ0v) is 18.0. The predicted molar refractivity (Wildman–Crippen MR) is 120 cm³/mol. The molecule has 0 aliphatic rings. The van der Waals surface area contributed by atoms with E-state index < -0.39 is 14.2 Å². The molecule has 1 rings (SSSR count). The van der Waals surface area contributed by atoms with E-state index in [-0.39, 0.29) is 0 Å². The lowest BCUT2D eigenvalue weighted by atomic mass is 9.68. The molecule has 0 fully saturated rings. The van der Waals surface area contributed by atoms with Gasteiger partial charge in [-0.1, -0.05) is 90.2 Å². The Kier molecular flexibility index (Phi) is 13.6. The van der Waals surface area contributed by atoms with Crippen molar-refractivity contribution in [2.24, 2.45) is 0 Å². The van der Waals surface area contributed by atoms with Crippen LogP contribution in [-0.4, -0.2) is 34.3 Å². The Labute approximate surface area is 172 Å². The molecule has 0 radical (unpaired) electrons. The lowest BCUT2D eigenvalue weighted by molar-refractivity contribution is 0.422. The van der Waals surface area contributed by atoms with Crippen LogP contribution in [0, 0.1) is 0 Å². The van der Waals surface area contributed by atoms with Gasteiger partial charge in [0.2, 0.25) is 0 Å². The molecule has 4 nitrogen and oxygen atoms in total. The number of aryl methyl sites for hydroxylation is 2. The van der Waals surface area contributed by atoms with Crippen molar-refractivity contribution in [2.45, 2.75) is 104 Å².